The van der Waals surface area contributed by atoms with Crippen LogP contribution >= 0.6 is 0 Å². The second-order valence-corrected chi connectivity index (χ2v) is 7.78. The van der Waals surface area contributed by atoms with Gasteiger partial charge in [0, 0.05) is 5.69 Å². The standard InChI is InChI=1S/C15H24N2O3S/c1-10-4-6-13(8-11(10)2)20-14-7-5-12(16)9-15(14)21(18,19)17-3/h5,7,9-11,13,17H,4,6,8,16H2,1-3H3. The van der Waals surface area contributed by atoms with E-state index in [1.807, 2.05) is 0 Å². The van der Waals surface area contributed by atoms with Gasteiger partial charge in [-0.25, -0.2) is 13.1 Å². The average molecular weight is 312 g/mol. The fourth-order valence-electron chi connectivity index (χ4n) is 2.73. The minimum absolute atomic E-state index is 0.0608. The molecular formula is C15H24N2O3S. The topological polar surface area (TPSA) is 81.4 Å². The Labute approximate surface area is 126 Å². The lowest BCUT2D eigenvalue weighted by Gasteiger charge is -2.32. The van der Waals surface area contributed by atoms with E-state index < -0.39 is 10.0 Å². The highest BCUT2D eigenvalue weighted by Crippen LogP contribution is 2.34. The van der Waals surface area contributed by atoms with E-state index in [-0.39, 0.29) is 11.0 Å². The molecule has 0 heterocycles. The van der Waals surface area contributed by atoms with E-state index in [0.29, 0.717) is 23.3 Å². The first-order valence-corrected chi connectivity index (χ1v) is 8.81. The largest absolute Gasteiger partial charge is 0.489 e. The number of hydrogen-bond acceptors (Lipinski definition) is 4. The molecule has 1 aliphatic rings. The molecule has 5 nitrogen and oxygen atoms in total. The number of hydrogen-bond donors (Lipinski definition) is 2. The predicted molar refractivity (Wildman–Crippen MR) is 83.7 cm³/mol. The quantitative estimate of drug-likeness (QED) is 0.836. The molecule has 1 aromatic rings. The van der Waals surface area contributed by atoms with Crippen LogP contribution in [0.2, 0.25) is 0 Å². The summed E-state index contributed by atoms with van der Waals surface area (Å²) >= 11 is 0. The van der Waals surface area contributed by atoms with E-state index in [1.165, 1.54) is 13.1 Å². The summed E-state index contributed by atoms with van der Waals surface area (Å²) in [7, 11) is -2.20. The molecule has 0 bridgehead atoms. The Morgan fingerprint density at radius 3 is 2.57 bits per heavy atom. The number of benzene rings is 1. The second kappa shape index (κ2) is 6.23. The van der Waals surface area contributed by atoms with Crippen molar-refractivity contribution in [3.8, 4) is 5.75 Å². The number of nitrogens with two attached hydrogens (primary N) is 1. The number of rotatable bonds is 4. The molecule has 2 rings (SSSR count). The zero-order chi connectivity index (χ0) is 15.6. The highest BCUT2D eigenvalue weighted by molar-refractivity contribution is 7.89. The summed E-state index contributed by atoms with van der Waals surface area (Å²) in [5, 5.41) is 0. The Balaban J connectivity index is 2.24. The van der Waals surface area contributed by atoms with Gasteiger partial charge in [-0.1, -0.05) is 13.8 Å². The molecule has 1 aromatic carbocycles. The molecular weight excluding hydrogens is 288 g/mol. The van der Waals surface area contributed by atoms with Gasteiger partial charge in [-0.2, -0.15) is 0 Å². The third-order valence-corrected chi connectivity index (χ3v) is 5.81. The first-order chi connectivity index (χ1) is 9.83. The summed E-state index contributed by atoms with van der Waals surface area (Å²) in [4.78, 5) is 0.108. The minimum atomic E-state index is -3.58. The molecule has 1 aliphatic carbocycles. The third-order valence-electron chi connectivity index (χ3n) is 4.37. The zero-order valence-electron chi connectivity index (χ0n) is 12.8. The van der Waals surface area contributed by atoms with Crippen molar-refractivity contribution in [2.45, 2.75) is 44.1 Å². The molecule has 3 N–H and O–H groups in total. The van der Waals surface area contributed by atoms with Crippen LogP contribution in [0.5, 0.6) is 5.75 Å². The monoisotopic (exact) mass is 312 g/mol. The summed E-state index contributed by atoms with van der Waals surface area (Å²) in [6.07, 6.45) is 3.07. The average Bonchev–Trinajstić information content (AvgIpc) is 2.44. The molecule has 3 atom stereocenters. The molecule has 0 amide bonds. The predicted octanol–water partition coefficient (Wildman–Crippen LogP) is 2.38. The first-order valence-electron chi connectivity index (χ1n) is 7.33. The number of ether oxygens (including phenoxy) is 1. The van der Waals surface area contributed by atoms with E-state index in [4.69, 9.17) is 10.5 Å². The highest BCUT2D eigenvalue weighted by atomic mass is 32.2. The van der Waals surface area contributed by atoms with Crippen LogP contribution < -0.4 is 15.2 Å². The summed E-state index contributed by atoms with van der Waals surface area (Å²) in [6.45, 7) is 4.47. The van der Waals surface area contributed by atoms with Gasteiger partial charge >= 0.3 is 0 Å². The molecule has 6 heteroatoms. The van der Waals surface area contributed by atoms with Crippen LogP contribution in [0.25, 0.3) is 0 Å². The fraction of sp³-hybridized carbons (Fsp3) is 0.600. The van der Waals surface area contributed by atoms with Crippen molar-refractivity contribution in [1.82, 2.24) is 4.72 Å². The van der Waals surface area contributed by atoms with Crippen molar-refractivity contribution in [2.24, 2.45) is 11.8 Å². The Hall–Kier alpha value is -1.27. The highest BCUT2D eigenvalue weighted by Gasteiger charge is 2.27. The second-order valence-electron chi connectivity index (χ2n) is 5.92. The van der Waals surface area contributed by atoms with Gasteiger partial charge in [-0.3, -0.25) is 0 Å². The van der Waals surface area contributed by atoms with Crippen LogP contribution in [0.15, 0.2) is 23.1 Å². The van der Waals surface area contributed by atoms with Gasteiger partial charge in [0.15, 0.2) is 0 Å². The van der Waals surface area contributed by atoms with Gasteiger partial charge in [-0.05, 0) is 56.3 Å². The van der Waals surface area contributed by atoms with Crippen molar-refractivity contribution in [3.05, 3.63) is 18.2 Å². The number of nitrogen functional groups attached to an aromatic ring is 1. The summed E-state index contributed by atoms with van der Waals surface area (Å²) < 4.78 is 32.5. The maximum absolute atomic E-state index is 12.1. The lowest BCUT2D eigenvalue weighted by molar-refractivity contribution is 0.0979. The van der Waals surface area contributed by atoms with Crippen LogP contribution in [-0.4, -0.2) is 21.6 Å². The zero-order valence-corrected chi connectivity index (χ0v) is 13.6. The van der Waals surface area contributed by atoms with Crippen LogP contribution in [0.1, 0.15) is 33.1 Å². The van der Waals surface area contributed by atoms with Crippen LogP contribution in [-0.2, 0) is 10.0 Å². The molecule has 0 spiro atoms. The Morgan fingerprint density at radius 1 is 1.24 bits per heavy atom. The van der Waals surface area contributed by atoms with Crippen LogP contribution in [0.3, 0.4) is 0 Å². The van der Waals surface area contributed by atoms with Crippen LogP contribution in [0.4, 0.5) is 5.69 Å². The van der Waals surface area contributed by atoms with E-state index in [1.54, 1.807) is 12.1 Å². The lowest BCUT2D eigenvalue weighted by Crippen LogP contribution is -2.29. The van der Waals surface area contributed by atoms with E-state index in [9.17, 15) is 8.42 Å². The molecule has 0 radical (unpaired) electrons. The lowest BCUT2D eigenvalue weighted by atomic mass is 9.80. The van der Waals surface area contributed by atoms with Gasteiger partial charge < -0.3 is 10.5 Å². The SMILES string of the molecule is CNS(=O)(=O)c1cc(N)ccc1OC1CCC(C)C(C)C1. The molecule has 3 unspecified atom stereocenters. The van der Waals surface area contributed by atoms with E-state index in [2.05, 4.69) is 18.6 Å². The van der Waals surface area contributed by atoms with Crippen molar-refractivity contribution < 1.29 is 13.2 Å². The Morgan fingerprint density at radius 2 is 1.95 bits per heavy atom. The van der Waals surface area contributed by atoms with Gasteiger partial charge in [0.05, 0.1) is 6.10 Å². The molecule has 1 fully saturated rings. The van der Waals surface area contributed by atoms with Gasteiger partial charge in [0.25, 0.3) is 0 Å². The molecule has 0 saturated heterocycles. The summed E-state index contributed by atoms with van der Waals surface area (Å²) in [6, 6.07) is 4.75. The smallest absolute Gasteiger partial charge is 0.244 e. The maximum atomic E-state index is 12.1. The molecule has 0 aromatic heterocycles. The molecule has 1 saturated carbocycles. The number of nitrogens with one attached hydrogen (secondary N) is 1. The summed E-state index contributed by atoms with van der Waals surface area (Å²) in [5.74, 6) is 1.66. The molecule has 0 aliphatic heterocycles. The van der Waals surface area contributed by atoms with Crippen molar-refractivity contribution in [2.75, 3.05) is 12.8 Å². The van der Waals surface area contributed by atoms with E-state index >= 15 is 0 Å². The number of anilines is 1. The van der Waals surface area contributed by atoms with Crippen molar-refractivity contribution in [1.29, 1.82) is 0 Å². The van der Waals surface area contributed by atoms with Crippen LogP contribution in [0, 0.1) is 11.8 Å². The van der Waals surface area contributed by atoms with Gasteiger partial charge in [-0.15, -0.1) is 0 Å². The Kier molecular flexibility index (Phi) is 4.78. The van der Waals surface area contributed by atoms with Gasteiger partial charge in [0.1, 0.15) is 10.6 Å². The van der Waals surface area contributed by atoms with Crippen molar-refractivity contribution in [3.63, 3.8) is 0 Å². The van der Waals surface area contributed by atoms with E-state index in [0.717, 1.165) is 19.3 Å². The summed E-state index contributed by atoms with van der Waals surface area (Å²) in [5.41, 5.74) is 6.11. The maximum Gasteiger partial charge on any atom is 0.244 e. The first kappa shape index (κ1) is 16.1. The minimum Gasteiger partial charge on any atom is -0.489 e. The fourth-order valence-corrected chi connectivity index (χ4v) is 3.62. The number of sulfonamides is 1. The molecule has 21 heavy (non-hydrogen) atoms. The van der Waals surface area contributed by atoms with Crippen molar-refractivity contribution >= 4 is 15.7 Å². The normalized spacial score (nSPS) is 26.5. The Bertz CT molecular complexity index is 601. The molecule has 118 valence electrons. The third kappa shape index (κ3) is 3.68. The van der Waals surface area contributed by atoms with Gasteiger partial charge in [0.2, 0.25) is 10.0 Å².